The monoisotopic (exact) mass is 313 g/mol. The fraction of sp³-hybridized carbons (Fsp3) is 0.500. The molecular formula is C18H23N3O2. The molecule has 1 aliphatic rings. The van der Waals surface area contributed by atoms with Crippen molar-refractivity contribution < 1.29 is 9.53 Å². The molecule has 0 N–H and O–H groups in total. The summed E-state index contributed by atoms with van der Waals surface area (Å²) in [4.78, 5) is 22.5. The largest absolute Gasteiger partial charge is 0.467 e. The second kappa shape index (κ2) is 6.82. The van der Waals surface area contributed by atoms with Crippen LogP contribution in [-0.4, -0.2) is 41.9 Å². The summed E-state index contributed by atoms with van der Waals surface area (Å²) in [7, 11) is 1.39. The molecule has 0 bridgehead atoms. The predicted molar refractivity (Wildman–Crippen MR) is 90.0 cm³/mol. The second-order valence-electron chi connectivity index (χ2n) is 6.25. The maximum absolute atomic E-state index is 12.5. The van der Waals surface area contributed by atoms with Gasteiger partial charge in [-0.05, 0) is 25.8 Å². The summed E-state index contributed by atoms with van der Waals surface area (Å²) in [6, 6.07) is 10.1. The minimum absolute atomic E-state index is 0.334. The third kappa shape index (κ3) is 3.07. The Morgan fingerprint density at radius 1 is 1.35 bits per heavy atom. The zero-order valence-corrected chi connectivity index (χ0v) is 14.0. The maximum atomic E-state index is 12.5. The van der Waals surface area contributed by atoms with Crippen LogP contribution in [-0.2, 0) is 16.1 Å². The van der Waals surface area contributed by atoms with E-state index in [0.717, 1.165) is 5.56 Å². The summed E-state index contributed by atoms with van der Waals surface area (Å²) in [6.07, 6.45) is 2.89. The number of carbonyl (C=O) groups is 1. The van der Waals surface area contributed by atoms with Crippen LogP contribution in [0.15, 0.2) is 35.3 Å². The molecule has 23 heavy (non-hydrogen) atoms. The van der Waals surface area contributed by atoms with E-state index < -0.39 is 11.1 Å². The van der Waals surface area contributed by atoms with Crippen LogP contribution in [0, 0.1) is 6.57 Å². The molecule has 2 rings (SSSR count). The second-order valence-corrected chi connectivity index (χ2v) is 6.25. The van der Waals surface area contributed by atoms with Crippen molar-refractivity contribution in [3.63, 3.8) is 0 Å². The van der Waals surface area contributed by atoms with E-state index in [9.17, 15) is 4.79 Å². The number of hydrogen-bond acceptors (Lipinski definition) is 4. The van der Waals surface area contributed by atoms with Gasteiger partial charge in [-0.2, -0.15) is 0 Å². The molecule has 1 aliphatic heterocycles. The van der Waals surface area contributed by atoms with Crippen molar-refractivity contribution in [2.75, 3.05) is 13.7 Å². The summed E-state index contributed by atoms with van der Waals surface area (Å²) in [5, 5.41) is 0. The smallest absolute Gasteiger partial charge is 0.336 e. The zero-order valence-electron chi connectivity index (χ0n) is 14.0. The predicted octanol–water partition coefficient (Wildman–Crippen LogP) is 2.92. The molecule has 1 atom stereocenters. The lowest BCUT2D eigenvalue weighted by Gasteiger charge is -2.42. The SMILES string of the molecule is [C-]#[N+]CCCC1(C(=O)OC)N=CN(Cc2ccccc2)C1(C)C. The fourth-order valence-corrected chi connectivity index (χ4v) is 3.08. The first kappa shape index (κ1) is 17.0. The van der Waals surface area contributed by atoms with Crippen molar-refractivity contribution >= 4 is 12.3 Å². The highest BCUT2D eigenvalue weighted by molar-refractivity contribution is 5.87. The van der Waals surface area contributed by atoms with Gasteiger partial charge in [-0.1, -0.05) is 30.3 Å². The van der Waals surface area contributed by atoms with Gasteiger partial charge in [0, 0.05) is 13.0 Å². The maximum Gasteiger partial charge on any atom is 0.336 e. The van der Waals surface area contributed by atoms with E-state index in [2.05, 4.69) is 26.9 Å². The molecule has 1 aromatic carbocycles. The van der Waals surface area contributed by atoms with Crippen LogP contribution in [0.3, 0.4) is 0 Å². The molecule has 0 spiro atoms. The summed E-state index contributed by atoms with van der Waals surface area (Å²) < 4.78 is 5.05. The summed E-state index contributed by atoms with van der Waals surface area (Å²) in [5.74, 6) is -0.334. The highest BCUT2D eigenvalue weighted by atomic mass is 16.5. The number of carbonyl (C=O) groups excluding carboxylic acids is 1. The lowest BCUT2D eigenvalue weighted by molar-refractivity contribution is -0.151. The first-order valence-electron chi connectivity index (χ1n) is 7.75. The van der Waals surface area contributed by atoms with Crippen molar-refractivity contribution in [1.82, 2.24) is 4.90 Å². The number of nitrogens with zero attached hydrogens (tertiary/aromatic N) is 3. The van der Waals surface area contributed by atoms with Crippen molar-refractivity contribution in [3.05, 3.63) is 47.3 Å². The van der Waals surface area contributed by atoms with E-state index >= 15 is 0 Å². The van der Waals surface area contributed by atoms with Crippen molar-refractivity contribution in [2.45, 2.75) is 44.3 Å². The molecule has 0 fully saturated rings. The lowest BCUT2D eigenvalue weighted by atomic mass is 9.76. The highest BCUT2D eigenvalue weighted by Crippen LogP contribution is 2.41. The molecule has 5 nitrogen and oxygen atoms in total. The summed E-state index contributed by atoms with van der Waals surface area (Å²) in [5.41, 5.74) is -0.312. The topological polar surface area (TPSA) is 46.3 Å². The Labute approximate surface area is 137 Å². The molecule has 1 aromatic rings. The van der Waals surface area contributed by atoms with Crippen LogP contribution >= 0.6 is 0 Å². The number of ether oxygens (including phenoxy) is 1. The van der Waals surface area contributed by atoms with Gasteiger partial charge in [-0.15, -0.1) is 0 Å². The van der Waals surface area contributed by atoms with Crippen LogP contribution < -0.4 is 0 Å². The molecule has 0 saturated heterocycles. The molecule has 1 unspecified atom stereocenters. The third-order valence-electron chi connectivity index (χ3n) is 4.67. The van der Waals surface area contributed by atoms with Crippen LogP contribution in [0.25, 0.3) is 4.85 Å². The quantitative estimate of drug-likeness (QED) is 0.461. The average Bonchev–Trinajstić information content (AvgIpc) is 2.80. The fourth-order valence-electron chi connectivity index (χ4n) is 3.08. The number of rotatable bonds is 6. The Morgan fingerprint density at radius 2 is 2.04 bits per heavy atom. The molecule has 0 amide bonds. The lowest BCUT2D eigenvalue weighted by Crippen LogP contribution is -2.59. The Kier molecular flexibility index (Phi) is 5.05. The van der Waals surface area contributed by atoms with E-state index in [-0.39, 0.29) is 5.97 Å². The molecule has 5 heteroatoms. The van der Waals surface area contributed by atoms with Gasteiger partial charge in [-0.3, -0.25) is 4.99 Å². The number of aliphatic imine (C=N–C) groups is 1. The Morgan fingerprint density at radius 3 is 2.65 bits per heavy atom. The van der Waals surface area contributed by atoms with Gasteiger partial charge in [-0.25, -0.2) is 11.4 Å². The van der Waals surface area contributed by atoms with Crippen LogP contribution in [0.4, 0.5) is 0 Å². The van der Waals surface area contributed by atoms with E-state index in [1.807, 2.05) is 32.0 Å². The number of benzene rings is 1. The summed E-state index contributed by atoms with van der Waals surface area (Å²) in [6.45, 7) is 12.0. The minimum atomic E-state index is -0.957. The molecule has 0 radical (unpaired) electrons. The van der Waals surface area contributed by atoms with E-state index in [1.165, 1.54) is 7.11 Å². The number of esters is 1. The van der Waals surface area contributed by atoms with E-state index in [4.69, 9.17) is 11.3 Å². The third-order valence-corrected chi connectivity index (χ3v) is 4.67. The van der Waals surface area contributed by atoms with Gasteiger partial charge in [0.1, 0.15) is 0 Å². The number of methoxy groups -OCH3 is 1. The van der Waals surface area contributed by atoms with Crippen LogP contribution in [0.2, 0.25) is 0 Å². The first-order chi connectivity index (χ1) is 11.0. The van der Waals surface area contributed by atoms with Crippen LogP contribution in [0.5, 0.6) is 0 Å². The molecular weight excluding hydrogens is 290 g/mol. The molecule has 0 saturated carbocycles. The van der Waals surface area contributed by atoms with E-state index in [0.29, 0.717) is 25.9 Å². The Hall–Kier alpha value is -2.35. The zero-order chi connectivity index (χ0) is 16.9. The van der Waals surface area contributed by atoms with Gasteiger partial charge in [0.25, 0.3) is 0 Å². The van der Waals surface area contributed by atoms with Crippen molar-refractivity contribution in [2.24, 2.45) is 4.99 Å². The van der Waals surface area contributed by atoms with Crippen LogP contribution in [0.1, 0.15) is 32.3 Å². The van der Waals surface area contributed by atoms with Gasteiger partial charge in [0.05, 0.1) is 19.0 Å². The Bertz CT molecular complexity index is 619. The molecule has 122 valence electrons. The Balaban J connectivity index is 2.26. The standard InChI is InChI=1S/C18H23N3O2/c1-17(2)18(16(22)23-4,11-8-12-19-3)20-14-21(17)13-15-9-6-5-7-10-15/h5-7,9-10,14H,8,11-13H2,1-2,4H3. The minimum Gasteiger partial charge on any atom is -0.467 e. The number of hydrogen-bond donors (Lipinski definition) is 0. The van der Waals surface area contributed by atoms with Gasteiger partial charge in [0.2, 0.25) is 6.54 Å². The highest BCUT2D eigenvalue weighted by Gasteiger charge is 2.57. The molecule has 0 aliphatic carbocycles. The summed E-state index contributed by atoms with van der Waals surface area (Å²) >= 11 is 0. The van der Waals surface area contributed by atoms with Gasteiger partial charge < -0.3 is 14.5 Å². The molecule has 0 aromatic heterocycles. The molecule has 1 heterocycles. The van der Waals surface area contributed by atoms with Crippen molar-refractivity contribution in [1.29, 1.82) is 0 Å². The first-order valence-corrected chi connectivity index (χ1v) is 7.75. The van der Waals surface area contributed by atoms with Gasteiger partial charge >= 0.3 is 5.97 Å². The van der Waals surface area contributed by atoms with E-state index in [1.54, 1.807) is 6.34 Å². The van der Waals surface area contributed by atoms with Gasteiger partial charge in [0.15, 0.2) is 5.54 Å². The normalized spacial score (nSPS) is 21.9. The van der Waals surface area contributed by atoms with Crippen molar-refractivity contribution in [3.8, 4) is 0 Å². The average molecular weight is 313 g/mol.